The highest BCUT2D eigenvalue weighted by atomic mass is 32.2. The van der Waals surface area contributed by atoms with E-state index >= 15 is 0 Å². The zero-order chi connectivity index (χ0) is 16.4. The van der Waals surface area contributed by atoms with Gasteiger partial charge < -0.3 is 0 Å². The van der Waals surface area contributed by atoms with Gasteiger partial charge in [0.1, 0.15) is 0 Å². The normalized spacial score (nSPS) is 11.4. The van der Waals surface area contributed by atoms with Gasteiger partial charge in [0.05, 0.1) is 10.6 Å². The molecule has 3 aromatic rings. The first-order valence-electron chi connectivity index (χ1n) is 6.58. The molecule has 1 N–H and O–H groups in total. The van der Waals surface area contributed by atoms with Crippen molar-refractivity contribution in [2.45, 2.75) is 4.90 Å². The molecule has 7 heteroatoms. The average molecular weight is 351 g/mol. The van der Waals surface area contributed by atoms with Gasteiger partial charge in [-0.25, -0.2) is 17.2 Å². The smallest absolute Gasteiger partial charge is 0.262 e. The number of para-hydroxylation sites is 1. The van der Waals surface area contributed by atoms with Crippen LogP contribution in [-0.4, -0.2) is 8.42 Å². The fourth-order valence-electron chi connectivity index (χ4n) is 2.07. The van der Waals surface area contributed by atoms with Crippen molar-refractivity contribution in [1.82, 2.24) is 0 Å². The van der Waals surface area contributed by atoms with E-state index < -0.39 is 21.7 Å². The molecule has 1 heterocycles. The largest absolute Gasteiger partial charge is 0.279 e. The third-order valence-electron chi connectivity index (χ3n) is 3.16. The van der Waals surface area contributed by atoms with Crippen LogP contribution in [0.15, 0.2) is 64.9 Å². The lowest BCUT2D eigenvalue weighted by molar-refractivity contribution is 0.504. The van der Waals surface area contributed by atoms with Gasteiger partial charge in [-0.05, 0) is 35.7 Å². The molecular weight excluding hydrogens is 340 g/mol. The molecule has 0 spiro atoms. The first-order valence-corrected chi connectivity index (χ1v) is 8.94. The van der Waals surface area contributed by atoms with Crippen LogP contribution in [0.2, 0.25) is 0 Å². The number of thiophene rings is 1. The summed E-state index contributed by atoms with van der Waals surface area (Å²) in [7, 11) is -4.02. The number of rotatable bonds is 4. The van der Waals surface area contributed by atoms with E-state index in [9.17, 15) is 17.2 Å². The van der Waals surface area contributed by atoms with Gasteiger partial charge in [0.25, 0.3) is 10.0 Å². The maximum absolute atomic E-state index is 13.3. The van der Waals surface area contributed by atoms with Gasteiger partial charge in [-0.1, -0.05) is 24.3 Å². The predicted octanol–water partition coefficient (Wildman–Crippen LogP) is 4.49. The summed E-state index contributed by atoms with van der Waals surface area (Å²) < 4.78 is 53.5. The van der Waals surface area contributed by atoms with Gasteiger partial charge in [0.15, 0.2) is 11.6 Å². The number of halogens is 2. The summed E-state index contributed by atoms with van der Waals surface area (Å²) in [6.07, 6.45) is 0. The molecule has 0 unspecified atom stereocenters. The minimum atomic E-state index is -4.02. The molecule has 2 aromatic carbocycles. The van der Waals surface area contributed by atoms with Gasteiger partial charge in [-0.2, -0.15) is 0 Å². The minimum absolute atomic E-state index is 0.336. The number of anilines is 1. The molecular formula is C16H11F2NO2S2. The van der Waals surface area contributed by atoms with Crippen LogP contribution in [0.4, 0.5) is 14.5 Å². The summed E-state index contributed by atoms with van der Waals surface area (Å²) in [5.41, 5.74) is 1.09. The predicted molar refractivity (Wildman–Crippen MR) is 86.9 cm³/mol. The SMILES string of the molecule is O=S(=O)(Nc1ccccc1-c1cccs1)c1ccc(F)c(F)c1. The lowest BCUT2D eigenvalue weighted by atomic mass is 10.1. The zero-order valence-corrected chi connectivity index (χ0v) is 13.3. The van der Waals surface area contributed by atoms with Crippen molar-refractivity contribution >= 4 is 27.0 Å². The number of nitrogens with one attached hydrogen (secondary N) is 1. The molecule has 0 atom stereocenters. The Morgan fingerprint density at radius 1 is 0.913 bits per heavy atom. The van der Waals surface area contributed by atoms with Gasteiger partial charge in [0.2, 0.25) is 0 Å². The summed E-state index contributed by atoms with van der Waals surface area (Å²) in [6.45, 7) is 0. The molecule has 0 aliphatic heterocycles. The van der Waals surface area contributed by atoms with Crippen molar-refractivity contribution in [2.24, 2.45) is 0 Å². The number of sulfonamides is 1. The van der Waals surface area contributed by atoms with Crippen LogP contribution in [0.5, 0.6) is 0 Å². The average Bonchev–Trinajstić information content (AvgIpc) is 3.04. The van der Waals surface area contributed by atoms with Crippen molar-refractivity contribution in [3.05, 3.63) is 71.6 Å². The van der Waals surface area contributed by atoms with Gasteiger partial charge in [-0.15, -0.1) is 11.3 Å². The van der Waals surface area contributed by atoms with Crippen molar-refractivity contribution in [3.63, 3.8) is 0 Å². The second-order valence-electron chi connectivity index (χ2n) is 4.70. The number of benzene rings is 2. The second kappa shape index (κ2) is 6.10. The number of hydrogen-bond donors (Lipinski definition) is 1. The van der Waals surface area contributed by atoms with E-state index in [2.05, 4.69) is 4.72 Å². The monoisotopic (exact) mass is 351 g/mol. The maximum Gasteiger partial charge on any atom is 0.262 e. The van der Waals surface area contributed by atoms with E-state index in [1.54, 1.807) is 24.3 Å². The Kier molecular flexibility index (Phi) is 4.14. The Hall–Kier alpha value is -2.25. The summed E-state index contributed by atoms with van der Waals surface area (Å²) in [6, 6.07) is 13.1. The van der Waals surface area contributed by atoms with E-state index in [4.69, 9.17) is 0 Å². The van der Waals surface area contributed by atoms with Gasteiger partial charge >= 0.3 is 0 Å². The van der Waals surface area contributed by atoms with Crippen LogP contribution in [-0.2, 0) is 10.0 Å². The maximum atomic E-state index is 13.3. The van der Waals surface area contributed by atoms with Crippen molar-refractivity contribution in [3.8, 4) is 10.4 Å². The highest BCUT2D eigenvalue weighted by molar-refractivity contribution is 7.92. The molecule has 0 aliphatic rings. The van der Waals surface area contributed by atoms with Crippen LogP contribution in [0.25, 0.3) is 10.4 Å². The van der Waals surface area contributed by atoms with E-state index in [-0.39, 0.29) is 4.90 Å². The van der Waals surface area contributed by atoms with Crippen LogP contribution in [0.3, 0.4) is 0 Å². The lowest BCUT2D eigenvalue weighted by Gasteiger charge is -2.12. The minimum Gasteiger partial charge on any atom is -0.279 e. The fourth-order valence-corrected chi connectivity index (χ4v) is 3.92. The molecule has 118 valence electrons. The highest BCUT2D eigenvalue weighted by Gasteiger charge is 2.18. The lowest BCUT2D eigenvalue weighted by Crippen LogP contribution is -2.14. The van der Waals surface area contributed by atoms with Gasteiger partial charge in [-0.3, -0.25) is 4.72 Å². The molecule has 0 bridgehead atoms. The van der Waals surface area contributed by atoms with Crippen molar-refractivity contribution in [2.75, 3.05) is 4.72 Å². The molecule has 0 amide bonds. The topological polar surface area (TPSA) is 46.2 Å². The molecule has 0 radical (unpaired) electrons. The Labute approximate surface area is 136 Å². The van der Waals surface area contributed by atoms with E-state index in [1.807, 2.05) is 17.5 Å². The van der Waals surface area contributed by atoms with Crippen LogP contribution >= 0.6 is 11.3 Å². The summed E-state index contributed by atoms with van der Waals surface area (Å²) >= 11 is 1.47. The van der Waals surface area contributed by atoms with Gasteiger partial charge in [0, 0.05) is 10.4 Å². The Morgan fingerprint density at radius 3 is 2.39 bits per heavy atom. The first kappa shape index (κ1) is 15.6. The molecule has 3 nitrogen and oxygen atoms in total. The highest BCUT2D eigenvalue weighted by Crippen LogP contribution is 2.32. The van der Waals surface area contributed by atoms with E-state index in [1.165, 1.54) is 11.3 Å². The Bertz CT molecular complexity index is 938. The quantitative estimate of drug-likeness (QED) is 0.752. The van der Waals surface area contributed by atoms with Crippen LogP contribution < -0.4 is 4.72 Å². The number of hydrogen-bond acceptors (Lipinski definition) is 3. The molecule has 3 rings (SSSR count). The third-order valence-corrected chi connectivity index (χ3v) is 5.43. The Morgan fingerprint density at radius 2 is 1.70 bits per heavy atom. The Balaban J connectivity index is 2.00. The summed E-state index contributed by atoms with van der Waals surface area (Å²) in [5.74, 6) is -2.30. The molecule has 0 aliphatic carbocycles. The van der Waals surface area contributed by atoms with Crippen LogP contribution in [0, 0.1) is 11.6 Å². The second-order valence-corrected chi connectivity index (χ2v) is 7.33. The van der Waals surface area contributed by atoms with Crippen molar-refractivity contribution < 1.29 is 17.2 Å². The van der Waals surface area contributed by atoms with Crippen LogP contribution in [0.1, 0.15) is 0 Å². The molecule has 1 aromatic heterocycles. The van der Waals surface area contributed by atoms with E-state index in [0.29, 0.717) is 17.3 Å². The van der Waals surface area contributed by atoms with E-state index in [0.717, 1.165) is 17.0 Å². The molecule has 0 fully saturated rings. The van der Waals surface area contributed by atoms with Crippen molar-refractivity contribution in [1.29, 1.82) is 0 Å². The zero-order valence-electron chi connectivity index (χ0n) is 11.7. The third kappa shape index (κ3) is 3.25. The molecule has 0 saturated heterocycles. The standard InChI is InChI=1S/C16H11F2NO2S2/c17-13-8-7-11(10-14(13)18)23(20,21)19-15-5-2-1-4-12(15)16-6-3-9-22-16/h1-10,19H. The molecule has 0 saturated carbocycles. The summed E-state index contributed by atoms with van der Waals surface area (Å²) in [4.78, 5) is 0.561. The fraction of sp³-hybridized carbons (Fsp3) is 0. The first-order chi connectivity index (χ1) is 11.0. The summed E-state index contributed by atoms with van der Waals surface area (Å²) in [5, 5.41) is 1.88. The molecule has 23 heavy (non-hydrogen) atoms.